The fourth-order valence-corrected chi connectivity index (χ4v) is 10.7. The average molecular weight is 1170 g/mol. The minimum atomic E-state index is -2.46. The number of likely N-dealkylation sites (N-methyl/N-ethyl adjacent to an activating group) is 1. The van der Waals surface area contributed by atoms with Crippen molar-refractivity contribution in [3.05, 3.63) is 85.1 Å². The minimum absolute atomic E-state index is 0.124. The smallest absolute Gasteiger partial charge is 0.308 e. The van der Waals surface area contributed by atoms with E-state index in [1.807, 2.05) is 24.9 Å². The number of esters is 1. The molecule has 4 saturated heterocycles. The lowest BCUT2D eigenvalue weighted by atomic mass is 9.81. The molecule has 2 bridgehead atoms. The topological polar surface area (TPSA) is 382 Å². The van der Waals surface area contributed by atoms with Crippen molar-refractivity contribution < 1.29 is 105 Å². The van der Waals surface area contributed by atoms with E-state index in [0.29, 0.717) is 26.2 Å². The van der Waals surface area contributed by atoms with Crippen LogP contribution in [0.2, 0.25) is 0 Å². The Kier molecular flexibility index (Phi) is 27.6. The van der Waals surface area contributed by atoms with Gasteiger partial charge in [0.05, 0.1) is 98.7 Å². The van der Waals surface area contributed by atoms with E-state index in [2.05, 4.69) is 5.32 Å². The van der Waals surface area contributed by atoms with Gasteiger partial charge in [-0.15, -0.1) is 0 Å². The number of nitrogens with zero attached hydrogens (tertiary/aromatic N) is 2. The molecule has 5 aliphatic rings. The van der Waals surface area contributed by atoms with Crippen LogP contribution in [0.3, 0.4) is 0 Å². The molecule has 24 heteroatoms. The highest BCUT2D eigenvalue weighted by Gasteiger charge is 2.53. The Morgan fingerprint density at radius 1 is 0.646 bits per heavy atom. The van der Waals surface area contributed by atoms with Crippen molar-refractivity contribution in [2.45, 2.75) is 201 Å². The Balaban J connectivity index is 1.43. The Morgan fingerprint density at radius 3 is 1.87 bits per heavy atom. The number of allylic oxidation sites excluding steroid dienone is 12. The summed E-state index contributed by atoms with van der Waals surface area (Å²) in [6, 6.07) is -1.33. The van der Waals surface area contributed by atoms with Gasteiger partial charge in [-0.2, -0.15) is 0 Å². The molecule has 1 amide bonds. The summed E-state index contributed by atoms with van der Waals surface area (Å²) < 4.78 is 29.6. The summed E-state index contributed by atoms with van der Waals surface area (Å²) >= 11 is 0. The van der Waals surface area contributed by atoms with Crippen LogP contribution >= 0.6 is 0 Å². The predicted molar refractivity (Wildman–Crippen MR) is 296 cm³/mol. The molecule has 5 heterocycles. The standard InChI is InChI=1S/C58H93N3O21/c1-34-18-16-14-12-10-8-6-7-9-11-13-15-17-19-41(81-56-53(73)49(51(71)37(4)80-56)59-33-58(77)54(74)52(72)45(68)32-78-58)29-46-48(55(75)61-24-22-60(5)23-25-61)44(67)31-57(76,82-46)30-40(64)27-43(66)42(65)21-20-38(62)26-39(63)28-47(69)79-36(3)35(2)50(34)70/h6-19,34-46,48-54,56,59,62-68,70-74,76-77H,20-33H2,1-5H3/b7-6+,10-8+,11-9+,14-12+,15-13+,18-16+,19-17+/t34-,35-,36-,37+,38+,39+,40-,41-,42+,43+,44-,45+,46?,48?,49-,50+,51+,52-,53-,54-,56?,57+,58+/m0/s1. The number of carbonyl (C=O) groups is 2. The first-order valence-electron chi connectivity index (χ1n) is 28.5. The number of fused-ring (bicyclic) bond motifs is 2. The molecule has 23 atom stereocenters. The number of aliphatic hydroxyl groups is 14. The van der Waals surface area contributed by atoms with Crippen molar-refractivity contribution in [1.82, 2.24) is 15.1 Å². The largest absolute Gasteiger partial charge is 0.462 e. The molecule has 0 aliphatic carbocycles. The number of rotatable bonds is 6. The van der Waals surface area contributed by atoms with Gasteiger partial charge in [0.15, 0.2) is 12.1 Å². The summed E-state index contributed by atoms with van der Waals surface area (Å²) in [5.41, 5.74) is 0. The SMILES string of the molecule is C[C@@H]1[C@H](O)[C@@H](C)/C=C/C=C/C=C/C=C/C=C/C=C/C=C/[C@H](OC2O[C@H](C)[C@@H](O)[C@H](NC[C@@]3(O)OC[C@@H](O)[C@H](O)[C@@H]3O)[C@@H]2O)CC2O[C@](O)(C[C@@H](O)C[C@@H](O)[C@H](O)CC[C@@H](O)C[C@@H](O)CC(=O)O[C@H]1C)C[C@H](O)C2C(=O)N1CCN(C)CC1. The number of hydrogen-bond donors (Lipinski definition) is 15. The normalized spacial score (nSPS) is 45.6. The second-order valence-electron chi connectivity index (χ2n) is 22.8. The first-order chi connectivity index (χ1) is 38.7. The van der Waals surface area contributed by atoms with Gasteiger partial charge in [0, 0.05) is 63.7 Å². The number of hydrogen-bond acceptors (Lipinski definition) is 23. The molecule has 4 fully saturated rings. The van der Waals surface area contributed by atoms with Crippen LogP contribution in [0.25, 0.3) is 0 Å². The van der Waals surface area contributed by atoms with Crippen LogP contribution < -0.4 is 5.32 Å². The van der Waals surface area contributed by atoms with E-state index in [1.54, 1.807) is 97.7 Å². The molecule has 5 rings (SSSR count). The van der Waals surface area contributed by atoms with Crippen molar-refractivity contribution in [1.29, 1.82) is 0 Å². The molecule has 24 nitrogen and oxygen atoms in total. The number of ether oxygens (including phenoxy) is 5. The van der Waals surface area contributed by atoms with Crippen LogP contribution in [0, 0.1) is 17.8 Å². The van der Waals surface area contributed by atoms with Crippen LogP contribution in [-0.2, 0) is 33.3 Å². The van der Waals surface area contributed by atoms with Gasteiger partial charge in [-0.25, -0.2) is 0 Å². The summed E-state index contributed by atoms with van der Waals surface area (Å²) in [7, 11) is 1.90. The van der Waals surface area contributed by atoms with Gasteiger partial charge < -0.3 is 110 Å². The first kappa shape index (κ1) is 69.1. The van der Waals surface area contributed by atoms with E-state index in [1.165, 1.54) is 6.92 Å². The molecule has 0 spiro atoms. The maximum absolute atomic E-state index is 14.5. The second-order valence-corrected chi connectivity index (χ2v) is 22.8. The van der Waals surface area contributed by atoms with E-state index in [9.17, 15) is 81.1 Å². The van der Waals surface area contributed by atoms with Crippen LogP contribution in [-0.4, -0.2) is 261 Å². The maximum Gasteiger partial charge on any atom is 0.308 e. The summed E-state index contributed by atoms with van der Waals surface area (Å²) in [6.45, 7) is 7.20. The molecule has 0 aromatic carbocycles. The first-order valence-corrected chi connectivity index (χ1v) is 28.5. The third-order valence-corrected chi connectivity index (χ3v) is 16.1. The molecule has 0 aromatic rings. The fourth-order valence-electron chi connectivity index (χ4n) is 10.7. The van der Waals surface area contributed by atoms with Crippen molar-refractivity contribution in [3.63, 3.8) is 0 Å². The molecule has 0 saturated carbocycles. The molecular formula is C58H93N3O21. The monoisotopic (exact) mass is 1170 g/mol. The predicted octanol–water partition coefficient (Wildman–Crippen LogP) is -2.17. The zero-order valence-corrected chi connectivity index (χ0v) is 47.6. The van der Waals surface area contributed by atoms with Gasteiger partial charge in [0.1, 0.15) is 30.5 Å². The number of carbonyl (C=O) groups excluding carboxylic acids is 2. The molecular weight excluding hydrogens is 1070 g/mol. The highest BCUT2D eigenvalue weighted by atomic mass is 16.7. The van der Waals surface area contributed by atoms with Gasteiger partial charge in [-0.1, -0.05) is 98.9 Å². The van der Waals surface area contributed by atoms with Crippen LogP contribution in [0.15, 0.2) is 85.1 Å². The zero-order valence-electron chi connectivity index (χ0n) is 47.6. The second kappa shape index (κ2) is 32.7. The highest BCUT2D eigenvalue weighted by Crippen LogP contribution is 2.39. The Bertz CT molecular complexity index is 2170. The minimum Gasteiger partial charge on any atom is -0.462 e. The lowest BCUT2D eigenvalue weighted by Gasteiger charge is -2.48. The number of piperazine rings is 1. The molecule has 0 radical (unpaired) electrons. The Morgan fingerprint density at radius 2 is 1.24 bits per heavy atom. The molecule has 15 N–H and O–H groups in total. The Hall–Kier alpha value is -3.68. The summed E-state index contributed by atoms with van der Waals surface area (Å²) in [4.78, 5) is 30.9. The van der Waals surface area contributed by atoms with Gasteiger partial charge >= 0.3 is 5.97 Å². The summed E-state index contributed by atoms with van der Waals surface area (Å²) in [6.07, 6.45) is -2.63. The van der Waals surface area contributed by atoms with Gasteiger partial charge in [-0.3, -0.25) is 9.59 Å². The van der Waals surface area contributed by atoms with Crippen LogP contribution in [0.4, 0.5) is 0 Å². The maximum atomic E-state index is 14.5. The van der Waals surface area contributed by atoms with Crippen molar-refractivity contribution >= 4 is 11.9 Å². The van der Waals surface area contributed by atoms with Crippen molar-refractivity contribution in [3.8, 4) is 0 Å². The number of amides is 1. The number of aliphatic hydroxyl groups excluding tert-OH is 12. The quantitative estimate of drug-likeness (QED) is 0.126. The lowest BCUT2D eigenvalue weighted by molar-refractivity contribution is -0.323. The van der Waals surface area contributed by atoms with Crippen molar-refractivity contribution in [2.75, 3.05) is 46.4 Å². The third kappa shape index (κ3) is 20.5. The van der Waals surface area contributed by atoms with Crippen LogP contribution in [0.5, 0.6) is 0 Å². The van der Waals surface area contributed by atoms with E-state index in [-0.39, 0.29) is 31.6 Å². The van der Waals surface area contributed by atoms with Gasteiger partial charge in [0.25, 0.3) is 0 Å². The van der Waals surface area contributed by atoms with Gasteiger partial charge in [0.2, 0.25) is 11.7 Å². The molecule has 5 aliphatic heterocycles. The third-order valence-electron chi connectivity index (χ3n) is 16.1. The van der Waals surface area contributed by atoms with Crippen LogP contribution in [0.1, 0.15) is 79.1 Å². The molecule has 0 aromatic heterocycles. The zero-order chi connectivity index (χ0) is 60.5. The van der Waals surface area contributed by atoms with Gasteiger partial charge in [-0.05, 0) is 40.2 Å². The van der Waals surface area contributed by atoms with E-state index in [0.717, 1.165) is 0 Å². The summed E-state index contributed by atoms with van der Waals surface area (Å²) in [5, 5.41) is 157. The highest BCUT2D eigenvalue weighted by molar-refractivity contribution is 5.80. The lowest BCUT2D eigenvalue weighted by Crippen LogP contribution is -2.69. The molecule has 3 unspecified atom stereocenters. The van der Waals surface area contributed by atoms with Crippen molar-refractivity contribution in [2.24, 2.45) is 17.8 Å². The number of nitrogens with one attached hydrogen (secondary N) is 1. The van der Waals surface area contributed by atoms with E-state index in [4.69, 9.17) is 23.7 Å². The summed E-state index contributed by atoms with van der Waals surface area (Å²) in [5.74, 6) is -8.12. The average Bonchev–Trinajstić information content (AvgIpc) is 2.43. The number of cyclic esters (lactones) is 1. The molecule has 466 valence electrons. The molecule has 82 heavy (non-hydrogen) atoms. The van der Waals surface area contributed by atoms with E-state index < -0.39 is 184 Å². The fraction of sp³-hybridized carbons (Fsp3) is 0.724. The Labute approximate surface area is 480 Å². The van der Waals surface area contributed by atoms with E-state index >= 15 is 0 Å².